The van der Waals surface area contributed by atoms with Gasteiger partial charge in [-0.3, -0.25) is 14.4 Å². The number of benzene rings is 1. The van der Waals surface area contributed by atoms with E-state index in [2.05, 4.69) is 10.4 Å². The van der Waals surface area contributed by atoms with Crippen molar-refractivity contribution in [1.29, 1.82) is 0 Å². The Morgan fingerprint density at radius 1 is 1.22 bits per heavy atom. The molecular formula is C16H18N4O3. The number of hydrogen-bond donors (Lipinski definition) is 2. The number of nitrogens with one attached hydrogen (secondary N) is 1. The summed E-state index contributed by atoms with van der Waals surface area (Å²) in [6.07, 6.45) is 0. The second kappa shape index (κ2) is 6.87. The molecule has 0 fully saturated rings. The number of carbonyl (C=O) groups is 2. The fourth-order valence-electron chi connectivity index (χ4n) is 2.01. The Bertz CT molecular complexity index is 781. The van der Waals surface area contributed by atoms with E-state index >= 15 is 0 Å². The topological polar surface area (TPSA) is 107 Å². The predicted octanol–water partition coefficient (Wildman–Crippen LogP) is 0.381. The van der Waals surface area contributed by atoms with E-state index in [-0.39, 0.29) is 6.54 Å². The van der Waals surface area contributed by atoms with Gasteiger partial charge in [0.05, 0.1) is 12.2 Å². The van der Waals surface area contributed by atoms with E-state index in [0.29, 0.717) is 5.69 Å². The number of aryl methyl sites for hydroxylation is 1. The first-order valence-electron chi connectivity index (χ1n) is 7.11. The molecule has 23 heavy (non-hydrogen) atoms. The van der Waals surface area contributed by atoms with Crippen molar-refractivity contribution < 1.29 is 9.59 Å². The lowest BCUT2D eigenvalue weighted by atomic mass is 10.1. The van der Waals surface area contributed by atoms with Gasteiger partial charge in [0, 0.05) is 11.6 Å². The number of nitrogens with two attached hydrogens (primary N) is 1. The van der Waals surface area contributed by atoms with Crippen molar-refractivity contribution >= 4 is 11.8 Å². The third kappa shape index (κ3) is 4.03. The first-order chi connectivity index (χ1) is 10.9. The van der Waals surface area contributed by atoms with Crippen LogP contribution < -0.4 is 16.6 Å². The van der Waals surface area contributed by atoms with Gasteiger partial charge in [-0.05, 0) is 19.9 Å². The van der Waals surface area contributed by atoms with Crippen LogP contribution in [0.15, 0.2) is 41.2 Å². The van der Waals surface area contributed by atoms with Crippen LogP contribution in [0, 0.1) is 6.92 Å². The van der Waals surface area contributed by atoms with Gasteiger partial charge in [0.1, 0.15) is 6.04 Å². The molecule has 0 saturated carbocycles. The summed E-state index contributed by atoms with van der Waals surface area (Å²) in [5.74, 6) is -1.15. The molecule has 1 heterocycles. The number of hydrogen-bond acceptors (Lipinski definition) is 4. The summed E-state index contributed by atoms with van der Waals surface area (Å²) < 4.78 is 1.09. The Labute approximate surface area is 133 Å². The lowest BCUT2D eigenvalue weighted by molar-refractivity contribution is -0.127. The zero-order valence-corrected chi connectivity index (χ0v) is 12.9. The molecule has 0 aliphatic rings. The van der Waals surface area contributed by atoms with Gasteiger partial charge >= 0.3 is 0 Å². The maximum absolute atomic E-state index is 12.0. The largest absolute Gasteiger partial charge is 0.368 e. The smallest absolute Gasteiger partial charge is 0.267 e. The highest BCUT2D eigenvalue weighted by Gasteiger charge is 2.18. The zero-order chi connectivity index (χ0) is 17.0. The fraction of sp³-hybridized carbons (Fsp3) is 0.250. The SMILES string of the molecule is Cc1ccc(-c2ccc(=O)n(C(C)C(=O)NCC(N)=O)n2)cc1. The molecule has 2 rings (SSSR count). The van der Waals surface area contributed by atoms with Gasteiger partial charge < -0.3 is 11.1 Å². The monoisotopic (exact) mass is 314 g/mol. The second-order valence-corrected chi connectivity index (χ2v) is 5.23. The van der Waals surface area contributed by atoms with Crippen molar-refractivity contribution in [3.8, 4) is 11.3 Å². The molecule has 0 spiro atoms. The molecule has 1 unspecified atom stereocenters. The summed E-state index contributed by atoms with van der Waals surface area (Å²) in [6, 6.07) is 9.78. The van der Waals surface area contributed by atoms with Crippen LogP contribution >= 0.6 is 0 Å². The van der Waals surface area contributed by atoms with Gasteiger partial charge in [0.25, 0.3) is 5.56 Å². The third-order valence-corrected chi connectivity index (χ3v) is 3.36. The van der Waals surface area contributed by atoms with Gasteiger partial charge in [0.2, 0.25) is 11.8 Å². The van der Waals surface area contributed by atoms with Gasteiger partial charge in [-0.15, -0.1) is 0 Å². The molecule has 0 aliphatic carbocycles. The fourth-order valence-corrected chi connectivity index (χ4v) is 2.01. The minimum absolute atomic E-state index is 0.282. The van der Waals surface area contributed by atoms with Crippen LogP contribution in [0.4, 0.5) is 0 Å². The Hall–Kier alpha value is -2.96. The number of amides is 2. The first-order valence-corrected chi connectivity index (χ1v) is 7.11. The molecule has 0 radical (unpaired) electrons. The van der Waals surface area contributed by atoms with E-state index in [4.69, 9.17) is 5.73 Å². The zero-order valence-electron chi connectivity index (χ0n) is 12.9. The molecule has 3 N–H and O–H groups in total. The first kappa shape index (κ1) is 16.4. The molecular weight excluding hydrogens is 296 g/mol. The Morgan fingerprint density at radius 3 is 2.48 bits per heavy atom. The lowest BCUT2D eigenvalue weighted by Gasteiger charge is -2.14. The molecule has 2 aromatic rings. The quantitative estimate of drug-likeness (QED) is 0.832. The Morgan fingerprint density at radius 2 is 1.87 bits per heavy atom. The Kier molecular flexibility index (Phi) is 4.90. The average Bonchev–Trinajstić information content (AvgIpc) is 2.53. The van der Waals surface area contributed by atoms with Gasteiger partial charge in [-0.25, -0.2) is 4.68 Å². The van der Waals surface area contributed by atoms with E-state index < -0.39 is 23.4 Å². The summed E-state index contributed by atoms with van der Waals surface area (Å²) in [5, 5.41) is 6.61. The van der Waals surface area contributed by atoms with Crippen molar-refractivity contribution in [3.63, 3.8) is 0 Å². The Balaban J connectivity index is 2.30. The van der Waals surface area contributed by atoms with Gasteiger partial charge in [-0.2, -0.15) is 5.10 Å². The highest BCUT2D eigenvalue weighted by molar-refractivity contribution is 5.85. The van der Waals surface area contributed by atoms with E-state index in [1.54, 1.807) is 6.07 Å². The van der Waals surface area contributed by atoms with Gasteiger partial charge in [-0.1, -0.05) is 29.8 Å². The molecule has 1 atom stereocenters. The lowest BCUT2D eigenvalue weighted by Crippen LogP contribution is -2.40. The van der Waals surface area contributed by atoms with Crippen LogP contribution in [0.1, 0.15) is 18.5 Å². The number of rotatable bonds is 5. The minimum Gasteiger partial charge on any atom is -0.368 e. The van der Waals surface area contributed by atoms with Crippen LogP contribution in [0.2, 0.25) is 0 Å². The third-order valence-electron chi connectivity index (χ3n) is 3.36. The maximum atomic E-state index is 12.0. The summed E-state index contributed by atoms with van der Waals surface area (Å²) in [4.78, 5) is 34.7. The molecule has 1 aromatic heterocycles. The highest BCUT2D eigenvalue weighted by atomic mass is 16.2. The average molecular weight is 314 g/mol. The summed E-state index contributed by atoms with van der Waals surface area (Å²) >= 11 is 0. The van der Waals surface area contributed by atoms with Crippen molar-refractivity contribution in [2.45, 2.75) is 19.9 Å². The molecule has 1 aromatic carbocycles. The highest BCUT2D eigenvalue weighted by Crippen LogP contribution is 2.16. The number of aromatic nitrogens is 2. The van der Waals surface area contributed by atoms with Crippen LogP contribution in [-0.4, -0.2) is 28.1 Å². The molecule has 7 heteroatoms. The number of carbonyl (C=O) groups excluding carboxylic acids is 2. The second-order valence-electron chi connectivity index (χ2n) is 5.23. The normalized spacial score (nSPS) is 11.7. The molecule has 0 bridgehead atoms. The van der Waals surface area contributed by atoms with Crippen LogP contribution in [0.5, 0.6) is 0 Å². The minimum atomic E-state index is -0.854. The number of primary amides is 1. The van der Waals surface area contributed by atoms with E-state index in [1.165, 1.54) is 13.0 Å². The van der Waals surface area contributed by atoms with E-state index in [9.17, 15) is 14.4 Å². The molecule has 2 amide bonds. The molecule has 7 nitrogen and oxygen atoms in total. The van der Waals surface area contributed by atoms with Crippen molar-refractivity contribution in [2.75, 3.05) is 6.54 Å². The predicted molar refractivity (Wildman–Crippen MR) is 85.6 cm³/mol. The van der Waals surface area contributed by atoms with Crippen molar-refractivity contribution in [3.05, 3.63) is 52.3 Å². The summed E-state index contributed by atoms with van der Waals surface area (Å²) in [7, 11) is 0. The summed E-state index contributed by atoms with van der Waals surface area (Å²) in [6.45, 7) is 3.22. The van der Waals surface area contributed by atoms with E-state index in [0.717, 1.165) is 15.8 Å². The standard InChI is InChI=1S/C16H18N4O3/c1-10-3-5-12(6-4-10)13-7-8-15(22)20(19-13)11(2)16(23)18-9-14(17)21/h3-8,11H,9H2,1-2H3,(H2,17,21)(H,18,23). The molecule has 120 valence electrons. The van der Waals surface area contributed by atoms with Crippen molar-refractivity contribution in [1.82, 2.24) is 15.1 Å². The van der Waals surface area contributed by atoms with E-state index in [1.807, 2.05) is 31.2 Å². The maximum Gasteiger partial charge on any atom is 0.267 e. The van der Waals surface area contributed by atoms with Gasteiger partial charge in [0.15, 0.2) is 0 Å². The number of nitrogens with zero attached hydrogens (tertiary/aromatic N) is 2. The van der Waals surface area contributed by atoms with Crippen molar-refractivity contribution in [2.24, 2.45) is 5.73 Å². The molecule has 0 saturated heterocycles. The van der Waals surface area contributed by atoms with Crippen LogP contribution in [0.25, 0.3) is 11.3 Å². The van der Waals surface area contributed by atoms with Crippen LogP contribution in [0.3, 0.4) is 0 Å². The van der Waals surface area contributed by atoms with Crippen LogP contribution in [-0.2, 0) is 9.59 Å². The molecule has 0 aliphatic heterocycles. The summed E-state index contributed by atoms with van der Waals surface area (Å²) in [5.41, 5.74) is 7.12.